The molecule has 2 amide bonds. The molecule has 0 radical (unpaired) electrons. The molecule has 1 aliphatic heterocycles. The largest absolute Gasteiger partial charge is 0.350 e. The van der Waals surface area contributed by atoms with Gasteiger partial charge in [0.1, 0.15) is 5.69 Å². The molecule has 1 aromatic heterocycles. The lowest BCUT2D eigenvalue weighted by atomic mass is 10.0. The predicted octanol–water partition coefficient (Wildman–Crippen LogP) is 3.24. The monoisotopic (exact) mass is 423 g/mol. The van der Waals surface area contributed by atoms with Crippen molar-refractivity contribution in [3.8, 4) is 0 Å². The summed E-state index contributed by atoms with van der Waals surface area (Å²) in [6.45, 7) is 0. The first-order valence-corrected chi connectivity index (χ1v) is 10.3. The molecule has 32 heavy (non-hydrogen) atoms. The van der Waals surface area contributed by atoms with Gasteiger partial charge in [0.25, 0.3) is 11.8 Å². The fraction of sp³-hybridized carbons (Fsp3) is 0.0800. The van der Waals surface area contributed by atoms with Gasteiger partial charge in [-0.15, -0.1) is 0 Å². The highest BCUT2D eigenvalue weighted by Crippen LogP contribution is 2.27. The van der Waals surface area contributed by atoms with E-state index in [9.17, 15) is 9.59 Å². The number of aliphatic imine (C=N–C) groups is 1. The molecule has 3 aromatic carbocycles. The van der Waals surface area contributed by atoms with E-state index in [2.05, 4.69) is 15.8 Å². The highest BCUT2D eigenvalue weighted by atomic mass is 16.2. The van der Waals surface area contributed by atoms with Gasteiger partial charge in [-0.25, -0.2) is 5.43 Å². The number of benzene rings is 3. The number of fused-ring (bicyclic) bond motifs is 2. The summed E-state index contributed by atoms with van der Waals surface area (Å²) >= 11 is 0. The molecule has 2 heterocycles. The minimum absolute atomic E-state index is 0.277. The molecule has 7 heteroatoms. The molecule has 0 unspecified atom stereocenters. The summed E-state index contributed by atoms with van der Waals surface area (Å²) in [5.41, 5.74) is 9.88. The lowest BCUT2D eigenvalue weighted by molar-refractivity contribution is -0.120. The minimum atomic E-state index is -0.990. The van der Waals surface area contributed by atoms with Crippen LogP contribution in [0.4, 0.5) is 5.69 Å². The van der Waals surface area contributed by atoms with Crippen LogP contribution in [0, 0.1) is 0 Å². The Morgan fingerprint density at radius 2 is 1.69 bits per heavy atom. The zero-order valence-corrected chi connectivity index (χ0v) is 17.4. The number of hydrogen-bond donors (Lipinski definition) is 3. The fourth-order valence-electron chi connectivity index (χ4n) is 3.84. The molecule has 7 nitrogen and oxygen atoms in total. The Kier molecular flexibility index (Phi) is 5.01. The van der Waals surface area contributed by atoms with E-state index in [0.717, 1.165) is 27.7 Å². The zero-order chi connectivity index (χ0) is 22.1. The van der Waals surface area contributed by atoms with Crippen LogP contribution in [0.2, 0.25) is 0 Å². The van der Waals surface area contributed by atoms with Crippen molar-refractivity contribution < 1.29 is 9.59 Å². The SMILES string of the molecule is CN1C(=O)[C@H](NNC(=O)c2cc3ccccc3[nH]2)N=C(c2ccccc2)c2ccccc21. The van der Waals surface area contributed by atoms with Crippen molar-refractivity contribution in [3.63, 3.8) is 0 Å². The topological polar surface area (TPSA) is 89.6 Å². The molecule has 0 aliphatic carbocycles. The van der Waals surface area contributed by atoms with Crippen molar-refractivity contribution in [3.05, 3.63) is 102 Å². The van der Waals surface area contributed by atoms with Gasteiger partial charge < -0.3 is 9.88 Å². The van der Waals surface area contributed by atoms with Crippen molar-refractivity contribution >= 4 is 34.1 Å². The summed E-state index contributed by atoms with van der Waals surface area (Å²) in [6, 6.07) is 26.7. The fourth-order valence-corrected chi connectivity index (χ4v) is 3.84. The quantitative estimate of drug-likeness (QED) is 0.440. The first-order valence-electron chi connectivity index (χ1n) is 10.3. The van der Waals surface area contributed by atoms with Crippen LogP contribution in [0.1, 0.15) is 21.6 Å². The highest BCUT2D eigenvalue weighted by molar-refractivity contribution is 6.20. The molecular formula is C25H21N5O2. The van der Waals surface area contributed by atoms with Crippen LogP contribution in [-0.2, 0) is 4.79 Å². The smallest absolute Gasteiger partial charge is 0.281 e. The van der Waals surface area contributed by atoms with Gasteiger partial charge in [0.05, 0.1) is 11.4 Å². The molecular weight excluding hydrogens is 402 g/mol. The standard InChI is InChI=1S/C25H21N5O2/c1-30-21-14-8-6-12-18(21)22(16-9-3-2-4-10-16)27-23(25(30)32)28-29-24(31)20-15-17-11-5-7-13-19(17)26-20/h2-15,23,26,28H,1H3,(H,29,31)/t23-/m0/s1. The van der Waals surface area contributed by atoms with E-state index in [-0.39, 0.29) is 11.8 Å². The Bertz CT molecular complexity index is 1310. The summed E-state index contributed by atoms with van der Waals surface area (Å²) in [6.07, 6.45) is -0.990. The van der Waals surface area contributed by atoms with Crippen molar-refractivity contribution in [1.29, 1.82) is 0 Å². The number of carbonyl (C=O) groups is 2. The van der Waals surface area contributed by atoms with E-state index in [4.69, 9.17) is 4.99 Å². The number of amides is 2. The number of hydrogen-bond acceptors (Lipinski definition) is 4. The van der Waals surface area contributed by atoms with Gasteiger partial charge in [0, 0.05) is 29.1 Å². The van der Waals surface area contributed by atoms with Crippen molar-refractivity contribution in [2.24, 2.45) is 4.99 Å². The highest BCUT2D eigenvalue weighted by Gasteiger charge is 2.30. The van der Waals surface area contributed by atoms with E-state index < -0.39 is 6.17 Å². The molecule has 158 valence electrons. The second-order valence-electron chi connectivity index (χ2n) is 7.53. The Morgan fingerprint density at radius 3 is 2.50 bits per heavy atom. The van der Waals surface area contributed by atoms with Crippen LogP contribution in [0.25, 0.3) is 10.9 Å². The number of rotatable bonds is 4. The Labute approximate surface area is 184 Å². The lowest BCUT2D eigenvalue weighted by Gasteiger charge is -2.21. The summed E-state index contributed by atoms with van der Waals surface area (Å²) in [5.74, 6) is -0.657. The van der Waals surface area contributed by atoms with Crippen molar-refractivity contribution in [2.75, 3.05) is 11.9 Å². The Hall–Kier alpha value is -4.23. The number of aromatic amines is 1. The summed E-state index contributed by atoms with van der Waals surface area (Å²) in [5, 5.41) is 0.933. The number of nitrogens with one attached hydrogen (secondary N) is 3. The number of anilines is 1. The van der Waals surface area contributed by atoms with E-state index in [1.807, 2.05) is 78.9 Å². The van der Waals surface area contributed by atoms with Gasteiger partial charge >= 0.3 is 0 Å². The number of para-hydroxylation sites is 2. The maximum absolute atomic E-state index is 13.2. The van der Waals surface area contributed by atoms with Crippen LogP contribution in [0.3, 0.4) is 0 Å². The number of H-pyrrole nitrogens is 1. The Morgan fingerprint density at radius 1 is 0.969 bits per heavy atom. The second-order valence-corrected chi connectivity index (χ2v) is 7.53. The molecule has 0 saturated heterocycles. The maximum atomic E-state index is 13.2. The van der Waals surface area contributed by atoms with E-state index >= 15 is 0 Å². The zero-order valence-electron chi connectivity index (χ0n) is 17.4. The van der Waals surface area contributed by atoms with Gasteiger partial charge in [-0.1, -0.05) is 66.7 Å². The summed E-state index contributed by atoms with van der Waals surface area (Å²) in [4.78, 5) is 35.2. The molecule has 0 saturated carbocycles. The minimum Gasteiger partial charge on any atom is -0.350 e. The molecule has 3 N–H and O–H groups in total. The third kappa shape index (κ3) is 3.55. The normalized spacial score (nSPS) is 15.8. The number of likely N-dealkylation sites (N-methyl/N-ethyl adjacent to an activating group) is 1. The van der Waals surface area contributed by atoms with Crippen LogP contribution >= 0.6 is 0 Å². The molecule has 0 fully saturated rings. The first-order chi connectivity index (χ1) is 15.6. The van der Waals surface area contributed by atoms with E-state index in [0.29, 0.717) is 11.4 Å². The number of carbonyl (C=O) groups excluding carboxylic acids is 2. The summed E-state index contributed by atoms with van der Waals surface area (Å²) < 4.78 is 0. The predicted molar refractivity (Wildman–Crippen MR) is 125 cm³/mol. The third-order valence-corrected chi connectivity index (χ3v) is 5.49. The Balaban J connectivity index is 1.46. The first kappa shape index (κ1) is 19.7. The number of nitrogens with zero attached hydrogens (tertiary/aromatic N) is 2. The molecule has 4 aromatic rings. The van der Waals surface area contributed by atoms with E-state index in [1.165, 1.54) is 0 Å². The second kappa shape index (κ2) is 8.13. The summed E-state index contributed by atoms with van der Waals surface area (Å²) in [7, 11) is 1.71. The van der Waals surface area contributed by atoms with Crippen molar-refractivity contribution in [2.45, 2.75) is 6.17 Å². The van der Waals surface area contributed by atoms with Gasteiger partial charge in [0.2, 0.25) is 0 Å². The molecule has 5 rings (SSSR count). The maximum Gasteiger partial charge on any atom is 0.281 e. The average molecular weight is 423 g/mol. The number of hydrazine groups is 1. The van der Waals surface area contributed by atoms with E-state index in [1.54, 1.807) is 18.0 Å². The molecule has 0 bridgehead atoms. The third-order valence-electron chi connectivity index (χ3n) is 5.49. The molecule has 1 aliphatic rings. The van der Waals surface area contributed by atoms with Crippen LogP contribution < -0.4 is 15.8 Å². The molecule has 0 spiro atoms. The van der Waals surface area contributed by atoms with Gasteiger partial charge in [-0.2, -0.15) is 0 Å². The van der Waals surface area contributed by atoms with Gasteiger partial charge in [0.15, 0.2) is 6.17 Å². The number of benzodiazepines with no additional fused rings is 1. The van der Waals surface area contributed by atoms with Gasteiger partial charge in [-0.05, 0) is 18.2 Å². The van der Waals surface area contributed by atoms with Crippen LogP contribution in [0.5, 0.6) is 0 Å². The molecule has 1 atom stereocenters. The van der Waals surface area contributed by atoms with Crippen LogP contribution in [-0.4, -0.2) is 35.7 Å². The van der Waals surface area contributed by atoms with Crippen molar-refractivity contribution in [1.82, 2.24) is 15.8 Å². The number of aromatic nitrogens is 1. The van der Waals surface area contributed by atoms with Gasteiger partial charge in [-0.3, -0.25) is 20.0 Å². The van der Waals surface area contributed by atoms with Crippen LogP contribution in [0.15, 0.2) is 89.9 Å². The lowest BCUT2D eigenvalue weighted by Crippen LogP contribution is -2.51. The average Bonchev–Trinajstić information content (AvgIpc) is 3.24.